The first kappa shape index (κ1) is 12.8. The molecule has 3 rings (SSSR count). The topological polar surface area (TPSA) is 16.1 Å². The molecule has 0 saturated carbocycles. The molecule has 1 saturated heterocycles. The maximum atomic E-state index is 13.2. The quantitative estimate of drug-likeness (QED) is 0.779. The average molecular weight is 327 g/mol. The number of benzene rings is 1. The molecule has 0 N–H and O–H groups in total. The minimum absolute atomic E-state index is 0.0946. The molecule has 2 heterocycles. The molecule has 0 aliphatic carbocycles. The van der Waals surface area contributed by atoms with Gasteiger partial charge >= 0.3 is 0 Å². The molecule has 0 radical (unpaired) electrons. The largest absolute Gasteiger partial charge is 0.356 e. The number of rotatable bonds is 1. The van der Waals surface area contributed by atoms with Crippen molar-refractivity contribution < 1.29 is 8.78 Å². The maximum Gasteiger partial charge on any atom is 0.251 e. The molecule has 2 aromatic rings. The molecule has 100 valence electrons. The summed E-state index contributed by atoms with van der Waals surface area (Å²) in [4.78, 5) is 6.51. The molecule has 19 heavy (non-hydrogen) atoms. The van der Waals surface area contributed by atoms with E-state index in [2.05, 4.69) is 20.9 Å². The lowest BCUT2D eigenvalue weighted by Crippen LogP contribution is -2.39. The number of hydrogen-bond acceptors (Lipinski definition) is 2. The Morgan fingerprint density at radius 1 is 1.11 bits per heavy atom. The zero-order valence-corrected chi connectivity index (χ0v) is 11.8. The van der Waals surface area contributed by atoms with Crippen molar-refractivity contribution in [2.75, 3.05) is 18.0 Å². The van der Waals surface area contributed by atoms with Gasteiger partial charge in [0.15, 0.2) is 0 Å². The summed E-state index contributed by atoms with van der Waals surface area (Å²) in [5.74, 6) is -1.75. The fourth-order valence-electron chi connectivity index (χ4n) is 2.34. The second-order valence-corrected chi connectivity index (χ2v) is 5.68. The lowest BCUT2D eigenvalue weighted by atomic mass is 10.1. The maximum absolute atomic E-state index is 13.2. The van der Waals surface area contributed by atoms with Crippen LogP contribution in [0.15, 0.2) is 34.8 Å². The third-order valence-electron chi connectivity index (χ3n) is 3.48. The Morgan fingerprint density at radius 3 is 2.58 bits per heavy atom. The van der Waals surface area contributed by atoms with Crippen molar-refractivity contribution in [3.63, 3.8) is 0 Å². The number of piperidine rings is 1. The second kappa shape index (κ2) is 4.71. The first-order valence-electron chi connectivity index (χ1n) is 6.23. The summed E-state index contributed by atoms with van der Waals surface area (Å²) in [6.45, 7) is 0.714. The molecule has 1 aliphatic rings. The van der Waals surface area contributed by atoms with Crippen molar-refractivity contribution >= 4 is 32.7 Å². The van der Waals surface area contributed by atoms with Crippen LogP contribution in [0.2, 0.25) is 0 Å². The fourth-order valence-corrected chi connectivity index (χ4v) is 2.81. The molecule has 1 aliphatic heterocycles. The number of anilines is 1. The van der Waals surface area contributed by atoms with Crippen LogP contribution in [0, 0.1) is 0 Å². The van der Waals surface area contributed by atoms with Gasteiger partial charge in [0.25, 0.3) is 5.92 Å². The van der Waals surface area contributed by atoms with E-state index in [0.29, 0.717) is 13.1 Å². The van der Waals surface area contributed by atoms with Crippen molar-refractivity contribution in [1.29, 1.82) is 0 Å². The summed E-state index contributed by atoms with van der Waals surface area (Å²) < 4.78 is 27.2. The Kier molecular flexibility index (Phi) is 3.17. The predicted octanol–water partition coefficient (Wildman–Crippen LogP) is 4.23. The van der Waals surface area contributed by atoms with E-state index in [0.717, 1.165) is 21.2 Å². The fraction of sp³-hybridized carbons (Fsp3) is 0.357. The zero-order valence-electron chi connectivity index (χ0n) is 10.2. The van der Waals surface area contributed by atoms with E-state index >= 15 is 0 Å². The van der Waals surface area contributed by atoms with E-state index in [-0.39, 0.29) is 12.8 Å². The molecule has 2 nitrogen and oxygen atoms in total. The van der Waals surface area contributed by atoms with E-state index in [1.165, 1.54) is 0 Å². The van der Waals surface area contributed by atoms with Crippen LogP contribution >= 0.6 is 15.9 Å². The van der Waals surface area contributed by atoms with Crippen LogP contribution in [0.3, 0.4) is 0 Å². The van der Waals surface area contributed by atoms with Crippen molar-refractivity contribution in [1.82, 2.24) is 4.98 Å². The van der Waals surface area contributed by atoms with Gasteiger partial charge in [0.05, 0.1) is 5.52 Å². The number of fused-ring (bicyclic) bond motifs is 1. The van der Waals surface area contributed by atoms with Gasteiger partial charge in [-0.2, -0.15) is 0 Å². The first-order valence-corrected chi connectivity index (χ1v) is 7.03. The molecule has 0 atom stereocenters. The van der Waals surface area contributed by atoms with E-state index in [9.17, 15) is 8.78 Å². The molecular formula is C14H13BrF2N2. The molecule has 5 heteroatoms. The minimum Gasteiger partial charge on any atom is -0.356 e. The highest BCUT2D eigenvalue weighted by atomic mass is 79.9. The van der Waals surface area contributed by atoms with Gasteiger partial charge in [-0.25, -0.2) is 13.8 Å². The Hall–Kier alpha value is -1.23. The monoisotopic (exact) mass is 326 g/mol. The van der Waals surface area contributed by atoms with Crippen LogP contribution in [0.5, 0.6) is 0 Å². The molecule has 0 bridgehead atoms. The molecule has 1 aromatic carbocycles. The highest BCUT2D eigenvalue weighted by Crippen LogP contribution is 2.31. The number of para-hydroxylation sites is 1. The van der Waals surface area contributed by atoms with Crippen molar-refractivity contribution in [2.45, 2.75) is 18.8 Å². The van der Waals surface area contributed by atoms with Gasteiger partial charge in [-0.05, 0) is 34.1 Å². The van der Waals surface area contributed by atoms with Crippen LogP contribution in [0.4, 0.5) is 14.6 Å². The standard InChI is InChI=1S/C14H13BrF2N2/c15-11-3-1-2-10-4-5-12(18-13(10)11)19-8-6-14(16,17)7-9-19/h1-5H,6-9H2. The Morgan fingerprint density at radius 2 is 1.84 bits per heavy atom. The smallest absolute Gasteiger partial charge is 0.251 e. The lowest BCUT2D eigenvalue weighted by molar-refractivity contribution is -0.0221. The molecule has 1 fully saturated rings. The third-order valence-corrected chi connectivity index (χ3v) is 4.12. The highest BCUT2D eigenvalue weighted by molar-refractivity contribution is 9.10. The van der Waals surface area contributed by atoms with Gasteiger partial charge in [0.1, 0.15) is 5.82 Å². The summed E-state index contributed by atoms with van der Waals surface area (Å²) in [6.07, 6.45) is -0.189. The Bertz CT molecular complexity index is 605. The number of aromatic nitrogens is 1. The number of hydrogen-bond donors (Lipinski definition) is 0. The molecule has 1 aromatic heterocycles. The van der Waals surface area contributed by atoms with E-state index in [4.69, 9.17) is 0 Å². The SMILES string of the molecule is FC1(F)CCN(c2ccc3cccc(Br)c3n2)CC1. The summed E-state index contributed by atoms with van der Waals surface area (Å²) >= 11 is 3.47. The van der Waals surface area contributed by atoms with Crippen molar-refractivity contribution in [3.8, 4) is 0 Å². The van der Waals surface area contributed by atoms with E-state index < -0.39 is 5.92 Å². The van der Waals surface area contributed by atoms with Gasteiger partial charge in [0.2, 0.25) is 0 Å². The predicted molar refractivity (Wildman–Crippen MR) is 75.8 cm³/mol. The number of alkyl halides is 2. The minimum atomic E-state index is -2.52. The van der Waals surface area contributed by atoms with Crippen LogP contribution in [0.25, 0.3) is 10.9 Å². The van der Waals surface area contributed by atoms with Crippen molar-refractivity contribution in [2.24, 2.45) is 0 Å². The second-order valence-electron chi connectivity index (χ2n) is 4.82. The van der Waals surface area contributed by atoms with Crippen LogP contribution in [-0.4, -0.2) is 24.0 Å². The van der Waals surface area contributed by atoms with Gasteiger partial charge in [-0.1, -0.05) is 12.1 Å². The number of nitrogens with zero attached hydrogens (tertiary/aromatic N) is 2. The Balaban J connectivity index is 1.92. The lowest BCUT2D eigenvalue weighted by Gasteiger charge is -2.32. The van der Waals surface area contributed by atoms with Crippen LogP contribution in [0.1, 0.15) is 12.8 Å². The van der Waals surface area contributed by atoms with Gasteiger partial charge in [-0.3, -0.25) is 0 Å². The van der Waals surface area contributed by atoms with Crippen molar-refractivity contribution in [3.05, 3.63) is 34.8 Å². The van der Waals surface area contributed by atoms with Crippen LogP contribution in [-0.2, 0) is 0 Å². The van der Waals surface area contributed by atoms with Crippen LogP contribution < -0.4 is 4.90 Å². The average Bonchev–Trinajstić information content (AvgIpc) is 2.39. The molecule has 0 unspecified atom stereocenters. The number of pyridine rings is 1. The molecular weight excluding hydrogens is 314 g/mol. The summed E-state index contributed by atoms with van der Waals surface area (Å²) in [7, 11) is 0. The summed E-state index contributed by atoms with van der Waals surface area (Å²) in [5, 5.41) is 1.04. The normalized spacial score (nSPS) is 18.8. The molecule has 0 spiro atoms. The van der Waals surface area contributed by atoms with Gasteiger partial charge in [0, 0.05) is 35.8 Å². The molecule has 0 amide bonds. The number of halogens is 3. The zero-order chi connectivity index (χ0) is 13.5. The summed E-state index contributed by atoms with van der Waals surface area (Å²) in [5.41, 5.74) is 0.873. The summed E-state index contributed by atoms with van der Waals surface area (Å²) in [6, 6.07) is 9.76. The van der Waals surface area contributed by atoms with Gasteiger partial charge in [-0.15, -0.1) is 0 Å². The van der Waals surface area contributed by atoms with Gasteiger partial charge < -0.3 is 4.90 Å². The Labute approximate surface area is 118 Å². The highest BCUT2D eigenvalue weighted by Gasteiger charge is 2.34. The van der Waals surface area contributed by atoms with E-state index in [1.54, 1.807) is 0 Å². The first-order chi connectivity index (χ1) is 9.05. The third kappa shape index (κ3) is 2.56. The van der Waals surface area contributed by atoms with E-state index in [1.807, 2.05) is 35.2 Å².